The fourth-order valence-corrected chi connectivity index (χ4v) is 1.87. The summed E-state index contributed by atoms with van der Waals surface area (Å²) < 4.78 is 0. The molecule has 100 valence electrons. The number of likely N-dealkylation sites (N-methyl/N-ethyl adjacent to an activating group) is 1. The lowest BCUT2D eigenvalue weighted by Gasteiger charge is -2.18. The zero-order valence-electron chi connectivity index (χ0n) is 11.2. The predicted molar refractivity (Wildman–Crippen MR) is 79.5 cm³/mol. The first-order valence-corrected chi connectivity index (χ1v) is 6.26. The maximum Gasteiger partial charge on any atom is 0.243 e. The molecule has 1 amide bonds. The zero-order chi connectivity index (χ0) is 14.4. The van der Waals surface area contributed by atoms with E-state index in [2.05, 4.69) is 11.4 Å². The van der Waals surface area contributed by atoms with E-state index < -0.39 is 0 Å². The number of hydrogen-bond acceptors (Lipinski definition) is 3. The summed E-state index contributed by atoms with van der Waals surface area (Å²) in [6, 6.07) is 18.7. The van der Waals surface area contributed by atoms with Gasteiger partial charge in [-0.2, -0.15) is 5.26 Å². The number of nitriles is 1. The molecule has 0 atom stereocenters. The third-order valence-corrected chi connectivity index (χ3v) is 2.90. The largest absolute Gasteiger partial charge is 0.365 e. The average molecular weight is 265 g/mol. The summed E-state index contributed by atoms with van der Waals surface area (Å²) in [5.74, 6) is -0.154. The molecule has 0 aromatic heterocycles. The molecule has 2 aromatic carbocycles. The summed E-state index contributed by atoms with van der Waals surface area (Å²) in [7, 11) is 1.85. The third-order valence-electron chi connectivity index (χ3n) is 2.90. The molecule has 0 spiro atoms. The van der Waals surface area contributed by atoms with Crippen LogP contribution in [0.3, 0.4) is 0 Å². The zero-order valence-corrected chi connectivity index (χ0v) is 11.2. The van der Waals surface area contributed by atoms with E-state index in [1.165, 1.54) is 0 Å². The van der Waals surface area contributed by atoms with Crippen LogP contribution in [-0.4, -0.2) is 19.5 Å². The highest BCUT2D eigenvalue weighted by Crippen LogP contribution is 2.14. The molecule has 2 aromatic rings. The number of carbonyl (C=O) groups is 1. The van der Waals surface area contributed by atoms with Crippen molar-refractivity contribution in [3.05, 3.63) is 60.2 Å². The van der Waals surface area contributed by atoms with Crippen molar-refractivity contribution in [3.8, 4) is 6.07 Å². The topological polar surface area (TPSA) is 56.1 Å². The summed E-state index contributed by atoms with van der Waals surface area (Å²) in [6.45, 7) is 0.226. The minimum atomic E-state index is -0.154. The van der Waals surface area contributed by atoms with Crippen LogP contribution in [0.5, 0.6) is 0 Å². The molecular weight excluding hydrogens is 250 g/mol. The lowest BCUT2D eigenvalue weighted by atomic mass is 10.2. The van der Waals surface area contributed by atoms with Crippen LogP contribution in [0.1, 0.15) is 5.56 Å². The maximum atomic E-state index is 12.0. The number of nitrogens with zero attached hydrogens (tertiary/aromatic N) is 2. The smallest absolute Gasteiger partial charge is 0.243 e. The van der Waals surface area contributed by atoms with E-state index in [0.29, 0.717) is 11.3 Å². The van der Waals surface area contributed by atoms with Crippen LogP contribution in [0.2, 0.25) is 0 Å². The highest BCUT2D eigenvalue weighted by atomic mass is 16.2. The van der Waals surface area contributed by atoms with Crippen LogP contribution in [0.15, 0.2) is 54.6 Å². The minimum absolute atomic E-state index is 0.154. The molecule has 0 saturated carbocycles. The number of hydrogen-bond donors (Lipinski definition) is 1. The lowest BCUT2D eigenvalue weighted by molar-refractivity contribution is -0.114. The van der Waals surface area contributed by atoms with E-state index >= 15 is 0 Å². The summed E-state index contributed by atoms with van der Waals surface area (Å²) in [4.78, 5) is 13.9. The molecule has 4 heteroatoms. The molecule has 0 fully saturated rings. The molecule has 0 bridgehead atoms. The molecule has 0 saturated heterocycles. The Balaban J connectivity index is 2.01. The Morgan fingerprint density at radius 3 is 2.50 bits per heavy atom. The Morgan fingerprint density at radius 1 is 1.15 bits per heavy atom. The third kappa shape index (κ3) is 3.36. The average Bonchev–Trinajstić information content (AvgIpc) is 2.48. The van der Waals surface area contributed by atoms with Crippen LogP contribution in [0, 0.1) is 11.3 Å². The fourth-order valence-electron chi connectivity index (χ4n) is 1.87. The molecule has 0 heterocycles. The van der Waals surface area contributed by atoms with Gasteiger partial charge in [-0.05, 0) is 24.3 Å². The summed E-state index contributed by atoms with van der Waals surface area (Å²) in [5, 5.41) is 11.7. The Kier molecular flexibility index (Phi) is 4.35. The Hall–Kier alpha value is -2.80. The molecule has 2 rings (SSSR count). The van der Waals surface area contributed by atoms with Crippen molar-refractivity contribution >= 4 is 17.3 Å². The van der Waals surface area contributed by atoms with Crippen molar-refractivity contribution in [1.82, 2.24) is 0 Å². The standard InChI is InChI=1S/C16H15N3O/c1-19(14-8-3-2-4-9-14)12-16(20)18-15-10-6-5-7-13(15)11-17/h2-10H,12H2,1H3,(H,18,20). The molecule has 4 nitrogen and oxygen atoms in total. The summed E-state index contributed by atoms with van der Waals surface area (Å²) >= 11 is 0. The lowest BCUT2D eigenvalue weighted by Crippen LogP contribution is -2.30. The summed E-state index contributed by atoms with van der Waals surface area (Å²) in [5.41, 5.74) is 1.97. The van der Waals surface area contributed by atoms with Crippen molar-refractivity contribution in [2.75, 3.05) is 23.8 Å². The number of nitrogens with one attached hydrogen (secondary N) is 1. The van der Waals surface area contributed by atoms with Gasteiger partial charge in [-0.15, -0.1) is 0 Å². The molecule has 0 radical (unpaired) electrons. The highest BCUT2D eigenvalue weighted by Gasteiger charge is 2.09. The van der Waals surface area contributed by atoms with Crippen LogP contribution in [-0.2, 0) is 4.79 Å². The molecule has 0 aliphatic rings. The number of anilines is 2. The summed E-state index contributed by atoms with van der Waals surface area (Å²) in [6.07, 6.45) is 0. The molecule has 1 N–H and O–H groups in total. The van der Waals surface area contributed by atoms with Gasteiger partial charge in [-0.25, -0.2) is 0 Å². The van der Waals surface area contributed by atoms with Gasteiger partial charge in [0.25, 0.3) is 0 Å². The Labute approximate surface area is 118 Å². The van der Waals surface area contributed by atoms with Crippen molar-refractivity contribution in [2.24, 2.45) is 0 Å². The molecule has 0 unspecified atom stereocenters. The number of para-hydroxylation sites is 2. The van der Waals surface area contributed by atoms with Crippen molar-refractivity contribution < 1.29 is 4.79 Å². The van der Waals surface area contributed by atoms with Crippen LogP contribution < -0.4 is 10.2 Å². The van der Waals surface area contributed by atoms with Crippen LogP contribution in [0.25, 0.3) is 0 Å². The molecule has 20 heavy (non-hydrogen) atoms. The first kappa shape index (κ1) is 13.6. The van der Waals surface area contributed by atoms with Crippen LogP contribution >= 0.6 is 0 Å². The number of rotatable bonds is 4. The van der Waals surface area contributed by atoms with E-state index in [-0.39, 0.29) is 12.5 Å². The van der Waals surface area contributed by atoms with Gasteiger partial charge in [0, 0.05) is 12.7 Å². The molecule has 0 aliphatic carbocycles. The van der Waals surface area contributed by atoms with E-state index in [1.54, 1.807) is 24.3 Å². The van der Waals surface area contributed by atoms with Gasteiger partial charge in [-0.3, -0.25) is 4.79 Å². The van der Waals surface area contributed by atoms with Crippen molar-refractivity contribution in [2.45, 2.75) is 0 Å². The van der Waals surface area contributed by atoms with Gasteiger partial charge in [0.1, 0.15) is 6.07 Å². The van der Waals surface area contributed by atoms with Crippen LogP contribution in [0.4, 0.5) is 11.4 Å². The quantitative estimate of drug-likeness (QED) is 0.924. The number of benzene rings is 2. The number of carbonyl (C=O) groups excluding carboxylic acids is 1. The Bertz CT molecular complexity index is 632. The first-order chi connectivity index (χ1) is 9.70. The second kappa shape index (κ2) is 6.39. The van der Waals surface area contributed by atoms with Gasteiger partial charge < -0.3 is 10.2 Å². The van der Waals surface area contributed by atoms with Crippen molar-refractivity contribution in [1.29, 1.82) is 5.26 Å². The predicted octanol–water partition coefficient (Wildman–Crippen LogP) is 2.63. The van der Waals surface area contributed by atoms with Gasteiger partial charge in [0.05, 0.1) is 17.8 Å². The Morgan fingerprint density at radius 2 is 1.80 bits per heavy atom. The van der Waals surface area contributed by atoms with E-state index in [0.717, 1.165) is 5.69 Å². The van der Waals surface area contributed by atoms with E-state index in [9.17, 15) is 4.79 Å². The number of amides is 1. The normalized spacial score (nSPS) is 9.60. The van der Waals surface area contributed by atoms with Gasteiger partial charge in [-0.1, -0.05) is 30.3 Å². The second-order valence-corrected chi connectivity index (χ2v) is 4.40. The van der Waals surface area contributed by atoms with Gasteiger partial charge in [0.15, 0.2) is 0 Å². The second-order valence-electron chi connectivity index (χ2n) is 4.40. The highest BCUT2D eigenvalue weighted by molar-refractivity contribution is 5.95. The SMILES string of the molecule is CN(CC(=O)Nc1ccccc1C#N)c1ccccc1. The van der Waals surface area contributed by atoms with Gasteiger partial charge in [0.2, 0.25) is 5.91 Å². The fraction of sp³-hybridized carbons (Fsp3) is 0.125. The molecule has 0 aliphatic heterocycles. The maximum absolute atomic E-state index is 12.0. The monoisotopic (exact) mass is 265 g/mol. The first-order valence-electron chi connectivity index (χ1n) is 6.26. The minimum Gasteiger partial charge on any atom is -0.365 e. The van der Waals surface area contributed by atoms with E-state index in [4.69, 9.17) is 5.26 Å². The van der Waals surface area contributed by atoms with Gasteiger partial charge >= 0.3 is 0 Å². The molecular formula is C16H15N3O. The van der Waals surface area contributed by atoms with Crippen molar-refractivity contribution in [3.63, 3.8) is 0 Å². The van der Waals surface area contributed by atoms with E-state index in [1.807, 2.05) is 42.3 Å².